The minimum atomic E-state index is -0.0967. The molecule has 2 heterocycles. The number of nitrogens with one attached hydrogen (secondary N) is 1. The first-order valence-corrected chi connectivity index (χ1v) is 6.94. The zero-order valence-electron chi connectivity index (χ0n) is 10.5. The highest BCUT2D eigenvalue weighted by Gasteiger charge is 2.28. The summed E-state index contributed by atoms with van der Waals surface area (Å²) in [7, 11) is 0. The number of amides is 1. The lowest BCUT2D eigenvalue weighted by molar-refractivity contribution is -0.115. The van der Waals surface area contributed by atoms with Crippen LogP contribution >= 0.6 is 11.8 Å². The Morgan fingerprint density at radius 3 is 2.95 bits per heavy atom. The van der Waals surface area contributed by atoms with Crippen LogP contribution in [-0.4, -0.2) is 21.1 Å². The molecule has 96 valence electrons. The molecule has 19 heavy (non-hydrogen) atoms. The Labute approximate surface area is 115 Å². The topological polar surface area (TPSA) is 54.9 Å². The highest BCUT2D eigenvalue weighted by molar-refractivity contribution is 8.01. The van der Waals surface area contributed by atoms with Crippen LogP contribution in [0.2, 0.25) is 0 Å². The van der Waals surface area contributed by atoms with Gasteiger partial charge in [-0.2, -0.15) is 0 Å². The molecule has 0 fully saturated rings. The summed E-state index contributed by atoms with van der Waals surface area (Å²) in [6.07, 6.45) is 3.99. The van der Waals surface area contributed by atoms with E-state index in [-0.39, 0.29) is 11.2 Å². The van der Waals surface area contributed by atoms with Crippen LogP contribution in [0.3, 0.4) is 0 Å². The van der Waals surface area contributed by atoms with Crippen LogP contribution in [0.15, 0.2) is 41.6 Å². The molecule has 0 saturated heterocycles. The predicted molar refractivity (Wildman–Crippen MR) is 75.2 cm³/mol. The average Bonchev–Trinajstić information content (AvgIpc) is 2.83. The standard InChI is InChI=1S/C14H13N3OS/c1-9-3-4-10-8-12(19-11(10)7-9)13(18)17-14-15-5-2-6-16-14/h2-7,12H,8H2,1H3,(H,15,16,17,18)/t12-/m0/s1. The quantitative estimate of drug-likeness (QED) is 0.911. The first-order valence-electron chi connectivity index (χ1n) is 6.06. The van der Waals surface area contributed by atoms with E-state index in [9.17, 15) is 4.79 Å². The SMILES string of the molecule is Cc1ccc2c(c1)S[C@H](C(=O)Nc1ncccn1)C2. The molecule has 1 aromatic heterocycles. The molecule has 0 bridgehead atoms. The van der Waals surface area contributed by atoms with Crippen molar-refractivity contribution in [1.29, 1.82) is 0 Å². The van der Waals surface area contributed by atoms with E-state index in [2.05, 4.69) is 40.4 Å². The second kappa shape index (κ2) is 5.01. The van der Waals surface area contributed by atoms with Gasteiger partial charge in [0.15, 0.2) is 0 Å². The molecule has 1 amide bonds. The Bertz CT molecular complexity index is 615. The summed E-state index contributed by atoms with van der Waals surface area (Å²) in [6, 6.07) is 8.04. The van der Waals surface area contributed by atoms with Crippen LogP contribution in [0.25, 0.3) is 0 Å². The molecule has 0 saturated carbocycles. The number of anilines is 1. The fraction of sp³-hybridized carbons (Fsp3) is 0.214. The number of nitrogens with zero attached hydrogens (tertiary/aromatic N) is 2. The molecule has 1 aliphatic heterocycles. The van der Waals surface area contributed by atoms with Gasteiger partial charge >= 0.3 is 0 Å². The molecule has 0 aliphatic carbocycles. The second-order valence-electron chi connectivity index (χ2n) is 4.48. The minimum Gasteiger partial charge on any atom is -0.294 e. The molecule has 1 atom stereocenters. The third kappa shape index (κ3) is 2.61. The van der Waals surface area contributed by atoms with Crippen molar-refractivity contribution in [3.05, 3.63) is 47.8 Å². The fourth-order valence-corrected chi connectivity index (χ4v) is 3.33. The first-order chi connectivity index (χ1) is 9.22. The van der Waals surface area contributed by atoms with E-state index in [0.29, 0.717) is 5.95 Å². The highest BCUT2D eigenvalue weighted by atomic mass is 32.2. The molecule has 0 unspecified atom stereocenters. The molecular formula is C14H13N3OS. The smallest absolute Gasteiger partial charge is 0.240 e. The van der Waals surface area contributed by atoms with Crippen molar-refractivity contribution < 1.29 is 4.79 Å². The van der Waals surface area contributed by atoms with E-state index in [1.165, 1.54) is 16.0 Å². The summed E-state index contributed by atoms with van der Waals surface area (Å²) >= 11 is 1.61. The summed E-state index contributed by atoms with van der Waals surface area (Å²) in [4.78, 5) is 21.4. The average molecular weight is 271 g/mol. The molecule has 4 nitrogen and oxygen atoms in total. The van der Waals surface area contributed by atoms with Gasteiger partial charge in [-0.05, 0) is 31.0 Å². The number of thioether (sulfide) groups is 1. The number of hydrogen-bond donors (Lipinski definition) is 1. The van der Waals surface area contributed by atoms with Crippen LogP contribution in [0.1, 0.15) is 11.1 Å². The maximum atomic E-state index is 12.2. The Morgan fingerprint density at radius 2 is 2.16 bits per heavy atom. The number of aryl methyl sites for hydroxylation is 1. The molecular weight excluding hydrogens is 258 g/mol. The van der Waals surface area contributed by atoms with Gasteiger partial charge in [0, 0.05) is 17.3 Å². The fourth-order valence-electron chi connectivity index (χ4n) is 2.04. The van der Waals surface area contributed by atoms with E-state index in [1.54, 1.807) is 30.2 Å². The molecule has 1 N–H and O–H groups in total. The highest BCUT2D eigenvalue weighted by Crippen LogP contribution is 2.37. The number of aromatic nitrogens is 2. The summed E-state index contributed by atoms with van der Waals surface area (Å²) in [5, 5.41) is 2.65. The van der Waals surface area contributed by atoms with Gasteiger partial charge in [-0.3, -0.25) is 10.1 Å². The lowest BCUT2D eigenvalue weighted by Crippen LogP contribution is -2.25. The largest absolute Gasteiger partial charge is 0.294 e. The lowest BCUT2D eigenvalue weighted by Gasteiger charge is -2.07. The molecule has 0 radical (unpaired) electrons. The lowest BCUT2D eigenvalue weighted by atomic mass is 10.1. The molecule has 2 aromatic rings. The van der Waals surface area contributed by atoms with E-state index in [0.717, 1.165) is 6.42 Å². The third-order valence-corrected chi connectivity index (χ3v) is 4.29. The van der Waals surface area contributed by atoms with Gasteiger partial charge in [-0.1, -0.05) is 17.7 Å². The van der Waals surface area contributed by atoms with Crippen LogP contribution in [0, 0.1) is 6.92 Å². The zero-order chi connectivity index (χ0) is 13.2. The van der Waals surface area contributed by atoms with Gasteiger partial charge in [0.2, 0.25) is 11.9 Å². The van der Waals surface area contributed by atoms with Gasteiger partial charge in [0.1, 0.15) is 0 Å². The van der Waals surface area contributed by atoms with Gasteiger partial charge in [0.05, 0.1) is 5.25 Å². The van der Waals surface area contributed by atoms with E-state index >= 15 is 0 Å². The number of hydrogen-bond acceptors (Lipinski definition) is 4. The van der Waals surface area contributed by atoms with Crippen molar-refractivity contribution in [3.63, 3.8) is 0 Å². The van der Waals surface area contributed by atoms with Gasteiger partial charge < -0.3 is 0 Å². The van der Waals surface area contributed by atoms with Crippen LogP contribution in [0.5, 0.6) is 0 Å². The number of carbonyl (C=O) groups excluding carboxylic acids is 1. The molecule has 5 heteroatoms. The van der Waals surface area contributed by atoms with E-state index in [1.807, 2.05) is 0 Å². The van der Waals surface area contributed by atoms with E-state index in [4.69, 9.17) is 0 Å². The van der Waals surface area contributed by atoms with Crippen LogP contribution < -0.4 is 5.32 Å². The first kappa shape index (κ1) is 12.2. The number of rotatable bonds is 2. The summed E-state index contributed by atoms with van der Waals surface area (Å²) in [5.41, 5.74) is 2.46. The maximum absolute atomic E-state index is 12.2. The van der Waals surface area contributed by atoms with Gasteiger partial charge in [0.25, 0.3) is 0 Å². The van der Waals surface area contributed by atoms with Crippen LogP contribution in [0.4, 0.5) is 5.95 Å². The van der Waals surface area contributed by atoms with Crippen molar-refractivity contribution in [2.45, 2.75) is 23.5 Å². The van der Waals surface area contributed by atoms with Crippen LogP contribution in [-0.2, 0) is 11.2 Å². The summed E-state index contributed by atoms with van der Waals surface area (Å²) in [6.45, 7) is 2.06. The Hall–Kier alpha value is -1.88. The normalized spacial score (nSPS) is 17.0. The van der Waals surface area contributed by atoms with Gasteiger partial charge in [-0.25, -0.2) is 9.97 Å². The van der Waals surface area contributed by atoms with Crippen molar-refractivity contribution in [2.24, 2.45) is 0 Å². The number of carbonyl (C=O) groups is 1. The maximum Gasteiger partial charge on any atom is 0.240 e. The second-order valence-corrected chi connectivity index (χ2v) is 5.73. The number of benzene rings is 1. The molecule has 1 aromatic carbocycles. The molecule has 0 spiro atoms. The third-order valence-electron chi connectivity index (χ3n) is 2.99. The van der Waals surface area contributed by atoms with Crippen molar-refractivity contribution in [3.8, 4) is 0 Å². The summed E-state index contributed by atoms with van der Waals surface area (Å²) < 4.78 is 0. The van der Waals surface area contributed by atoms with Crippen molar-refractivity contribution >= 4 is 23.6 Å². The van der Waals surface area contributed by atoms with Crippen molar-refractivity contribution in [1.82, 2.24) is 9.97 Å². The Balaban J connectivity index is 1.71. The monoisotopic (exact) mass is 271 g/mol. The predicted octanol–water partition coefficient (Wildman–Crippen LogP) is 2.44. The van der Waals surface area contributed by atoms with Gasteiger partial charge in [-0.15, -0.1) is 11.8 Å². The zero-order valence-corrected chi connectivity index (χ0v) is 11.3. The molecule has 3 rings (SSSR count). The minimum absolute atomic E-state index is 0.0370. The van der Waals surface area contributed by atoms with Crippen molar-refractivity contribution in [2.75, 3.05) is 5.32 Å². The number of fused-ring (bicyclic) bond motifs is 1. The van der Waals surface area contributed by atoms with E-state index < -0.39 is 0 Å². The molecule has 1 aliphatic rings. The Morgan fingerprint density at radius 1 is 1.37 bits per heavy atom. The summed E-state index contributed by atoms with van der Waals surface area (Å²) in [5.74, 6) is 0.324. The Kier molecular flexibility index (Phi) is 3.21.